The Morgan fingerprint density at radius 2 is 1.75 bits per heavy atom. The SMILES string of the molecule is CC(=O)N1CCN(C(=O)CCNCCc2ccc(Cl)cc2Cl)CC1. The number of halogens is 2. The first-order chi connectivity index (χ1) is 11.5. The second kappa shape index (κ2) is 9.25. The lowest BCUT2D eigenvalue weighted by Crippen LogP contribution is -2.50. The van der Waals surface area contributed by atoms with Gasteiger partial charge in [-0.05, 0) is 30.7 Å². The fraction of sp³-hybridized carbons (Fsp3) is 0.529. The van der Waals surface area contributed by atoms with E-state index in [4.69, 9.17) is 23.2 Å². The van der Waals surface area contributed by atoms with E-state index in [2.05, 4.69) is 5.32 Å². The molecule has 24 heavy (non-hydrogen) atoms. The van der Waals surface area contributed by atoms with Crippen LogP contribution in [0.4, 0.5) is 0 Å². The zero-order valence-corrected chi connectivity index (χ0v) is 15.4. The second-order valence-corrected chi connectivity index (χ2v) is 6.72. The predicted molar refractivity (Wildman–Crippen MR) is 96.5 cm³/mol. The first-order valence-corrected chi connectivity index (χ1v) is 8.91. The van der Waals surface area contributed by atoms with Crippen molar-refractivity contribution in [1.82, 2.24) is 15.1 Å². The molecule has 2 rings (SSSR count). The van der Waals surface area contributed by atoms with Crippen LogP contribution < -0.4 is 5.32 Å². The van der Waals surface area contributed by atoms with Crippen LogP contribution >= 0.6 is 23.2 Å². The van der Waals surface area contributed by atoms with Gasteiger partial charge >= 0.3 is 0 Å². The molecule has 7 heteroatoms. The van der Waals surface area contributed by atoms with Gasteiger partial charge in [0.1, 0.15) is 0 Å². The number of rotatable bonds is 6. The maximum Gasteiger partial charge on any atom is 0.223 e. The second-order valence-electron chi connectivity index (χ2n) is 5.87. The van der Waals surface area contributed by atoms with Crippen molar-refractivity contribution in [2.24, 2.45) is 0 Å². The molecular weight excluding hydrogens is 349 g/mol. The van der Waals surface area contributed by atoms with E-state index in [1.807, 2.05) is 17.0 Å². The average molecular weight is 372 g/mol. The van der Waals surface area contributed by atoms with Gasteiger partial charge in [0.05, 0.1) is 0 Å². The summed E-state index contributed by atoms with van der Waals surface area (Å²) < 4.78 is 0. The molecule has 1 saturated heterocycles. The molecule has 5 nitrogen and oxygen atoms in total. The minimum atomic E-state index is 0.0737. The van der Waals surface area contributed by atoms with E-state index in [-0.39, 0.29) is 11.8 Å². The molecule has 0 unspecified atom stereocenters. The Balaban J connectivity index is 1.62. The van der Waals surface area contributed by atoms with Crippen LogP contribution in [0.1, 0.15) is 18.9 Å². The maximum atomic E-state index is 12.1. The molecule has 0 spiro atoms. The van der Waals surface area contributed by atoms with E-state index in [0.717, 1.165) is 18.5 Å². The van der Waals surface area contributed by atoms with Gasteiger partial charge in [0.25, 0.3) is 0 Å². The first kappa shape index (κ1) is 19.0. The molecule has 0 saturated carbocycles. The van der Waals surface area contributed by atoms with E-state index in [1.54, 1.807) is 17.9 Å². The normalized spacial score (nSPS) is 14.8. The van der Waals surface area contributed by atoms with E-state index >= 15 is 0 Å². The van der Waals surface area contributed by atoms with Crippen molar-refractivity contribution < 1.29 is 9.59 Å². The standard InChI is InChI=1S/C17H23Cl2N3O2/c1-13(23)21-8-10-22(11-9-21)17(24)5-7-20-6-4-14-2-3-15(18)12-16(14)19/h2-3,12,20H,4-11H2,1H3. The summed E-state index contributed by atoms with van der Waals surface area (Å²) >= 11 is 12.0. The van der Waals surface area contributed by atoms with Gasteiger partial charge in [-0.1, -0.05) is 29.3 Å². The molecule has 0 aliphatic carbocycles. The summed E-state index contributed by atoms with van der Waals surface area (Å²) in [6, 6.07) is 5.49. The highest BCUT2D eigenvalue weighted by atomic mass is 35.5. The molecule has 0 radical (unpaired) electrons. The Morgan fingerprint density at radius 1 is 1.08 bits per heavy atom. The Morgan fingerprint density at radius 3 is 2.38 bits per heavy atom. The van der Waals surface area contributed by atoms with Gasteiger partial charge in [-0.15, -0.1) is 0 Å². The summed E-state index contributed by atoms with van der Waals surface area (Å²) in [4.78, 5) is 27.0. The van der Waals surface area contributed by atoms with E-state index in [1.165, 1.54) is 0 Å². The molecule has 1 aromatic carbocycles. The van der Waals surface area contributed by atoms with Crippen LogP contribution in [0.15, 0.2) is 18.2 Å². The Bertz CT molecular complexity index is 587. The number of hydrogen-bond acceptors (Lipinski definition) is 3. The quantitative estimate of drug-likeness (QED) is 0.779. The van der Waals surface area contributed by atoms with Crippen molar-refractivity contribution >= 4 is 35.0 Å². The average Bonchev–Trinajstić information content (AvgIpc) is 2.56. The fourth-order valence-electron chi connectivity index (χ4n) is 2.70. The predicted octanol–water partition coefficient (Wildman–Crippen LogP) is 2.21. The van der Waals surface area contributed by atoms with Gasteiger partial charge in [0.15, 0.2) is 0 Å². The molecule has 0 bridgehead atoms. The first-order valence-electron chi connectivity index (χ1n) is 8.15. The summed E-state index contributed by atoms with van der Waals surface area (Å²) in [7, 11) is 0. The van der Waals surface area contributed by atoms with Gasteiger partial charge in [-0.2, -0.15) is 0 Å². The van der Waals surface area contributed by atoms with Gasteiger partial charge in [-0.25, -0.2) is 0 Å². The summed E-state index contributed by atoms with van der Waals surface area (Å²) in [6.07, 6.45) is 1.26. The maximum absolute atomic E-state index is 12.1. The Hall–Kier alpha value is -1.30. The van der Waals surface area contributed by atoms with Gasteiger partial charge in [-0.3, -0.25) is 9.59 Å². The van der Waals surface area contributed by atoms with Gasteiger partial charge < -0.3 is 15.1 Å². The molecule has 1 heterocycles. The lowest BCUT2D eigenvalue weighted by molar-refractivity contribution is -0.138. The number of piperazine rings is 1. The molecule has 1 N–H and O–H groups in total. The Kier molecular flexibility index (Phi) is 7.34. The minimum absolute atomic E-state index is 0.0737. The monoisotopic (exact) mass is 371 g/mol. The largest absolute Gasteiger partial charge is 0.339 e. The van der Waals surface area contributed by atoms with Crippen molar-refractivity contribution in [3.8, 4) is 0 Å². The molecule has 2 amide bonds. The number of nitrogens with zero attached hydrogens (tertiary/aromatic N) is 2. The van der Waals surface area contributed by atoms with E-state index in [0.29, 0.717) is 49.2 Å². The van der Waals surface area contributed by atoms with Crippen LogP contribution in [0.25, 0.3) is 0 Å². The number of hydrogen-bond donors (Lipinski definition) is 1. The molecule has 1 aliphatic rings. The molecule has 1 aliphatic heterocycles. The van der Waals surface area contributed by atoms with Crippen LogP contribution in [0, 0.1) is 0 Å². The van der Waals surface area contributed by atoms with Crippen molar-refractivity contribution in [3.63, 3.8) is 0 Å². The molecule has 0 atom stereocenters. The van der Waals surface area contributed by atoms with Crippen LogP contribution in [0.5, 0.6) is 0 Å². The summed E-state index contributed by atoms with van der Waals surface area (Å²) in [5, 5.41) is 4.57. The third-order valence-electron chi connectivity index (χ3n) is 4.18. The molecule has 1 fully saturated rings. The van der Waals surface area contributed by atoms with Crippen molar-refractivity contribution in [1.29, 1.82) is 0 Å². The molecule has 1 aromatic rings. The summed E-state index contributed by atoms with van der Waals surface area (Å²) in [6.45, 7) is 5.46. The van der Waals surface area contributed by atoms with Crippen molar-refractivity contribution in [2.75, 3.05) is 39.3 Å². The van der Waals surface area contributed by atoms with Gasteiger partial charge in [0, 0.05) is 56.1 Å². The number of amides is 2. The summed E-state index contributed by atoms with van der Waals surface area (Å²) in [5.41, 5.74) is 1.04. The third-order valence-corrected chi connectivity index (χ3v) is 4.77. The zero-order valence-electron chi connectivity index (χ0n) is 13.9. The number of carbonyl (C=O) groups is 2. The fourth-order valence-corrected chi connectivity index (χ4v) is 3.20. The minimum Gasteiger partial charge on any atom is -0.339 e. The lowest BCUT2D eigenvalue weighted by Gasteiger charge is -2.34. The third kappa shape index (κ3) is 5.65. The van der Waals surface area contributed by atoms with E-state index < -0.39 is 0 Å². The number of nitrogens with one attached hydrogen (secondary N) is 1. The van der Waals surface area contributed by atoms with Crippen molar-refractivity contribution in [2.45, 2.75) is 19.8 Å². The van der Waals surface area contributed by atoms with Crippen molar-refractivity contribution in [3.05, 3.63) is 33.8 Å². The number of benzene rings is 1. The highest BCUT2D eigenvalue weighted by molar-refractivity contribution is 6.35. The smallest absolute Gasteiger partial charge is 0.223 e. The highest BCUT2D eigenvalue weighted by Gasteiger charge is 2.21. The molecule has 132 valence electrons. The Labute approximate surface area is 152 Å². The van der Waals surface area contributed by atoms with Crippen LogP contribution in [0.2, 0.25) is 10.0 Å². The van der Waals surface area contributed by atoms with Crippen LogP contribution in [-0.4, -0.2) is 60.9 Å². The van der Waals surface area contributed by atoms with Gasteiger partial charge in [0.2, 0.25) is 11.8 Å². The van der Waals surface area contributed by atoms with Crippen LogP contribution in [-0.2, 0) is 16.0 Å². The molecule has 0 aromatic heterocycles. The topological polar surface area (TPSA) is 52.7 Å². The molecular formula is C17H23Cl2N3O2. The summed E-state index contributed by atoms with van der Waals surface area (Å²) in [5.74, 6) is 0.208. The number of carbonyl (C=O) groups excluding carboxylic acids is 2. The van der Waals surface area contributed by atoms with Crippen LogP contribution in [0.3, 0.4) is 0 Å². The van der Waals surface area contributed by atoms with E-state index in [9.17, 15) is 9.59 Å². The lowest BCUT2D eigenvalue weighted by atomic mass is 10.1. The highest BCUT2D eigenvalue weighted by Crippen LogP contribution is 2.21. The zero-order chi connectivity index (χ0) is 17.5.